The second-order valence-electron chi connectivity index (χ2n) is 7.92. The van der Waals surface area contributed by atoms with Crippen molar-refractivity contribution >= 4 is 35.8 Å². The molecule has 0 aromatic heterocycles. The molecular formula is C22H37IN4O. The maximum absolute atomic E-state index is 12.1. The molecule has 0 unspecified atom stereocenters. The van der Waals surface area contributed by atoms with Crippen LogP contribution in [0.1, 0.15) is 55.5 Å². The molecule has 1 aliphatic carbocycles. The lowest BCUT2D eigenvalue weighted by Crippen LogP contribution is -2.38. The van der Waals surface area contributed by atoms with E-state index >= 15 is 0 Å². The van der Waals surface area contributed by atoms with Crippen molar-refractivity contribution in [3.8, 4) is 0 Å². The van der Waals surface area contributed by atoms with Crippen molar-refractivity contribution in [1.29, 1.82) is 0 Å². The van der Waals surface area contributed by atoms with E-state index in [0.29, 0.717) is 0 Å². The first-order chi connectivity index (χ1) is 13.0. The first-order valence-corrected chi connectivity index (χ1v) is 10.3. The van der Waals surface area contributed by atoms with E-state index in [1.165, 1.54) is 25.7 Å². The Bertz CT molecular complexity index is 625. The second-order valence-corrected chi connectivity index (χ2v) is 7.92. The van der Waals surface area contributed by atoms with Crippen LogP contribution in [0.2, 0.25) is 0 Å². The lowest BCUT2D eigenvalue weighted by atomic mass is 9.83. The molecule has 1 saturated carbocycles. The zero-order chi connectivity index (χ0) is 19.6. The van der Waals surface area contributed by atoms with E-state index in [0.717, 1.165) is 55.0 Å². The van der Waals surface area contributed by atoms with Gasteiger partial charge in [-0.3, -0.25) is 9.79 Å². The smallest absolute Gasteiger partial charge is 0.253 e. The molecule has 0 spiro atoms. The van der Waals surface area contributed by atoms with Crippen LogP contribution in [-0.2, 0) is 6.42 Å². The number of rotatable bonds is 7. The minimum Gasteiger partial charge on any atom is -0.357 e. The Balaban J connectivity index is 0.00000392. The van der Waals surface area contributed by atoms with Gasteiger partial charge in [0, 0.05) is 39.3 Å². The number of carbonyl (C=O) groups excluding carboxylic acids is 1. The van der Waals surface area contributed by atoms with Gasteiger partial charge in [0.25, 0.3) is 5.91 Å². The monoisotopic (exact) mass is 500 g/mol. The van der Waals surface area contributed by atoms with Crippen molar-refractivity contribution in [2.45, 2.75) is 46.0 Å². The van der Waals surface area contributed by atoms with Crippen molar-refractivity contribution in [1.82, 2.24) is 15.5 Å². The van der Waals surface area contributed by atoms with Gasteiger partial charge < -0.3 is 15.5 Å². The summed E-state index contributed by atoms with van der Waals surface area (Å²) >= 11 is 0. The van der Waals surface area contributed by atoms with Gasteiger partial charge in [-0.15, -0.1) is 24.0 Å². The maximum atomic E-state index is 12.1. The Morgan fingerprint density at radius 2 is 1.89 bits per heavy atom. The zero-order valence-electron chi connectivity index (χ0n) is 17.8. The van der Waals surface area contributed by atoms with Crippen molar-refractivity contribution in [3.63, 3.8) is 0 Å². The number of hydrogen-bond acceptors (Lipinski definition) is 2. The normalized spacial score (nSPS) is 19.5. The molecule has 158 valence electrons. The quantitative estimate of drug-likeness (QED) is 0.339. The number of amides is 1. The number of nitrogens with zero attached hydrogens (tertiary/aromatic N) is 2. The fourth-order valence-electron chi connectivity index (χ4n) is 3.52. The maximum Gasteiger partial charge on any atom is 0.253 e. The van der Waals surface area contributed by atoms with Crippen LogP contribution >= 0.6 is 24.0 Å². The third kappa shape index (κ3) is 8.37. The average Bonchev–Trinajstić information content (AvgIpc) is 2.67. The van der Waals surface area contributed by atoms with Crippen molar-refractivity contribution in [2.75, 3.05) is 33.7 Å². The minimum atomic E-state index is 0. The molecule has 0 aliphatic heterocycles. The minimum absolute atomic E-state index is 0. The molecule has 2 N–H and O–H groups in total. The molecule has 0 saturated heterocycles. The number of benzene rings is 1. The molecule has 5 nitrogen and oxygen atoms in total. The Kier molecular flexibility index (Phi) is 11.5. The molecule has 0 atom stereocenters. The fraction of sp³-hybridized carbons (Fsp3) is 0.636. The van der Waals surface area contributed by atoms with Gasteiger partial charge in [-0.1, -0.05) is 31.9 Å². The Morgan fingerprint density at radius 1 is 1.18 bits per heavy atom. The summed E-state index contributed by atoms with van der Waals surface area (Å²) in [5.41, 5.74) is 1.90. The fourth-order valence-corrected chi connectivity index (χ4v) is 3.52. The molecule has 28 heavy (non-hydrogen) atoms. The van der Waals surface area contributed by atoms with Gasteiger partial charge in [0.2, 0.25) is 0 Å². The highest BCUT2D eigenvalue weighted by Crippen LogP contribution is 2.28. The van der Waals surface area contributed by atoms with Gasteiger partial charge in [-0.25, -0.2) is 0 Å². The highest BCUT2D eigenvalue weighted by Gasteiger charge is 2.17. The SMILES string of the molecule is CCNC(=NCC1CCC(C)CC1)NCCc1cccc(C(=O)N(C)C)c1.I. The van der Waals surface area contributed by atoms with Crippen LogP contribution in [0.25, 0.3) is 0 Å². The van der Waals surface area contributed by atoms with Crippen LogP contribution in [0.4, 0.5) is 0 Å². The number of hydrogen-bond donors (Lipinski definition) is 2. The van der Waals surface area contributed by atoms with E-state index in [9.17, 15) is 4.79 Å². The summed E-state index contributed by atoms with van der Waals surface area (Å²) in [4.78, 5) is 18.5. The first-order valence-electron chi connectivity index (χ1n) is 10.3. The van der Waals surface area contributed by atoms with Crippen molar-refractivity contribution < 1.29 is 4.79 Å². The van der Waals surface area contributed by atoms with E-state index < -0.39 is 0 Å². The summed E-state index contributed by atoms with van der Waals surface area (Å²) in [6.45, 7) is 7.02. The molecule has 0 radical (unpaired) electrons. The van der Waals surface area contributed by atoms with Gasteiger partial charge >= 0.3 is 0 Å². The number of carbonyl (C=O) groups is 1. The second kappa shape index (κ2) is 13.0. The molecule has 6 heteroatoms. The van der Waals surface area contributed by atoms with Crippen LogP contribution in [0.15, 0.2) is 29.3 Å². The lowest BCUT2D eigenvalue weighted by Gasteiger charge is -2.25. The average molecular weight is 500 g/mol. The Labute approximate surface area is 187 Å². The predicted octanol–water partition coefficient (Wildman–Crippen LogP) is 3.93. The van der Waals surface area contributed by atoms with E-state index in [2.05, 4.69) is 30.5 Å². The van der Waals surface area contributed by atoms with Gasteiger partial charge in [-0.05, 0) is 55.7 Å². The van der Waals surface area contributed by atoms with Crippen molar-refractivity contribution in [2.24, 2.45) is 16.8 Å². The van der Waals surface area contributed by atoms with Gasteiger partial charge in [-0.2, -0.15) is 0 Å². The van der Waals surface area contributed by atoms with E-state index in [4.69, 9.17) is 4.99 Å². The number of guanidine groups is 1. The highest BCUT2D eigenvalue weighted by atomic mass is 127. The summed E-state index contributed by atoms with van der Waals surface area (Å²) in [6.07, 6.45) is 6.14. The third-order valence-corrected chi connectivity index (χ3v) is 5.27. The Morgan fingerprint density at radius 3 is 2.54 bits per heavy atom. The van der Waals surface area contributed by atoms with E-state index in [1.807, 2.05) is 18.2 Å². The van der Waals surface area contributed by atoms with Gasteiger partial charge in [0.1, 0.15) is 0 Å². The third-order valence-electron chi connectivity index (χ3n) is 5.27. The standard InChI is InChI=1S/C22H36N4O.HI/c1-5-23-22(25-16-19-11-9-17(2)10-12-19)24-14-13-18-7-6-8-20(15-18)21(27)26(3)4;/h6-8,15,17,19H,5,9-14,16H2,1-4H3,(H2,23,24,25);1H. The van der Waals surface area contributed by atoms with Crippen LogP contribution in [-0.4, -0.2) is 50.5 Å². The van der Waals surface area contributed by atoms with Crippen LogP contribution in [0, 0.1) is 11.8 Å². The molecular weight excluding hydrogens is 463 g/mol. The molecule has 0 heterocycles. The lowest BCUT2D eigenvalue weighted by molar-refractivity contribution is 0.0827. The number of halogens is 1. The summed E-state index contributed by atoms with van der Waals surface area (Å²) in [6, 6.07) is 7.88. The van der Waals surface area contributed by atoms with Gasteiger partial charge in [0.05, 0.1) is 0 Å². The van der Waals surface area contributed by atoms with E-state index in [1.54, 1.807) is 19.0 Å². The van der Waals surface area contributed by atoms with E-state index in [-0.39, 0.29) is 29.9 Å². The predicted molar refractivity (Wildman–Crippen MR) is 129 cm³/mol. The molecule has 2 rings (SSSR count). The first kappa shape index (κ1) is 24.7. The van der Waals surface area contributed by atoms with Crippen LogP contribution in [0.5, 0.6) is 0 Å². The molecule has 1 fully saturated rings. The van der Waals surface area contributed by atoms with Crippen molar-refractivity contribution in [3.05, 3.63) is 35.4 Å². The van der Waals surface area contributed by atoms with Crippen LogP contribution in [0.3, 0.4) is 0 Å². The molecule has 1 aromatic rings. The largest absolute Gasteiger partial charge is 0.357 e. The molecule has 1 amide bonds. The zero-order valence-corrected chi connectivity index (χ0v) is 20.2. The van der Waals surface area contributed by atoms with Crippen LogP contribution < -0.4 is 10.6 Å². The molecule has 0 bridgehead atoms. The number of nitrogens with one attached hydrogen (secondary N) is 2. The molecule has 1 aliphatic rings. The molecule has 1 aromatic carbocycles. The highest BCUT2D eigenvalue weighted by molar-refractivity contribution is 14.0. The topological polar surface area (TPSA) is 56.7 Å². The van der Waals surface area contributed by atoms with Gasteiger partial charge in [0.15, 0.2) is 5.96 Å². The summed E-state index contributed by atoms with van der Waals surface area (Å²) in [7, 11) is 3.56. The summed E-state index contributed by atoms with van der Waals surface area (Å²) < 4.78 is 0. The number of aliphatic imine (C=N–C) groups is 1. The Hall–Kier alpha value is -1.31. The summed E-state index contributed by atoms with van der Waals surface area (Å²) in [5, 5.41) is 6.77. The summed E-state index contributed by atoms with van der Waals surface area (Å²) in [5.74, 6) is 2.55.